The molecule has 0 fully saturated rings. The van der Waals surface area contributed by atoms with Crippen molar-refractivity contribution in [3.8, 4) is 11.4 Å². The average molecular weight is 380 g/mol. The molecule has 3 rings (SSSR count). The second kappa shape index (κ2) is 8.99. The van der Waals surface area contributed by atoms with Gasteiger partial charge >= 0.3 is 0 Å². The van der Waals surface area contributed by atoms with Crippen molar-refractivity contribution in [3.05, 3.63) is 64.7 Å². The van der Waals surface area contributed by atoms with Crippen LogP contribution in [0.1, 0.15) is 25.7 Å². The third kappa shape index (κ3) is 4.24. The Morgan fingerprint density at radius 2 is 1.86 bits per heavy atom. The third-order valence-electron chi connectivity index (χ3n) is 4.60. The predicted molar refractivity (Wildman–Crippen MR) is 113 cm³/mol. The minimum atomic E-state index is -0.105. The lowest BCUT2D eigenvalue weighted by atomic mass is 10.2. The van der Waals surface area contributed by atoms with Crippen LogP contribution in [-0.4, -0.2) is 48.2 Å². The molecule has 0 saturated heterocycles. The normalized spacial score (nSPS) is 12.5. The second-order valence-corrected chi connectivity index (χ2v) is 7.01. The number of likely N-dealkylation sites (N-methyl/N-ethyl adjacent to an activating group) is 1. The summed E-state index contributed by atoms with van der Waals surface area (Å²) in [5.41, 5.74) is 1.33. The summed E-state index contributed by atoms with van der Waals surface area (Å²) < 4.78 is 7.47. The van der Waals surface area contributed by atoms with E-state index in [0.29, 0.717) is 34.8 Å². The van der Waals surface area contributed by atoms with Crippen LogP contribution in [-0.2, 0) is 0 Å². The van der Waals surface area contributed by atoms with Crippen molar-refractivity contribution < 1.29 is 4.74 Å². The van der Waals surface area contributed by atoms with Gasteiger partial charge < -0.3 is 15.0 Å². The van der Waals surface area contributed by atoms with Crippen molar-refractivity contribution in [1.82, 2.24) is 19.8 Å². The SMILES string of the molecule is CCOc1ccccc1-n1c([C@H](C)NCCN(C)C)nc2ccccc2c1=O. The lowest BCUT2D eigenvalue weighted by Gasteiger charge is -2.22. The van der Waals surface area contributed by atoms with E-state index < -0.39 is 0 Å². The Morgan fingerprint density at radius 3 is 2.61 bits per heavy atom. The molecule has 0 spiro atoms. The zero-order chi connectivity index (χ0) is 20.1. The van der Waals surface area contributed by atoms with Gasteiger partial charge in [-0.25, -0.2) is 4.98 Å². The maximum absolute atomic E-state index is 13.4. The first kappa shape index (κ1) is 20.0. The molecule has 0 radical (unpaired) electrons. The molecule has 1 N–H and O–H groups in total. The highest BCUT2D eigenvalue weighted by Gasteiger charge is 2.19. The van der Waals surface area contributed by atoms with Gasteiger partial charge in [0.2, 0.25) is 0 Å². The van der Waals surface area contributed by atoms with Gasteiger partial charge in [-0.15, -0.1) is 0 Å². The van der Waals surface area contributed by atoms with Gasteiger partial charge in [0.15, 0.2) is 0 Å². The van der Waals surface area contributed by atoms with Gasteiger partial charge in [0, 0.05) is 13.1 Å². The van der Waals surface area contributed by atoms with E-state index in [4.69, 9.17) is 9.72 Å². The lowest BCUT2D eigenvalue weighted by Crippen LogP contribution is -2.33. The first-order valence-corrected chi connectivity index (χ1v) is 9.65. The lowest BCUT2D eigenvalue weighted by molar-refractivity contribution is 0.338. The molecule has 28 heavy (non-hydrogen) atoms. The maximum Gasteiger partial charge on any atom is 0.266 e. The maximum atomic E-state index is 13.4. The Hall–Kier alpha value is -2.70. The fourth-order valence-electron chi connectivity index (χ4n) is 3.19. The van der Waals surface area contributed by atoms with Gasteiger partial charge in [-0.05, 0) is 52.2 Å². The molecule has 2 aromatic carbocycles. The van der Waals surface area contributed by atoms with Crippen LogP contribution in [0.2, 0.25) is 0 Å². The number of ether oxygens (including phenoxy) is 1. The highest BCUT2D eigenvalue weighted by atomic mass is 16.5. The summed E-state index contributed by atoms with van der Waals surface area (Å²) in [4.78, 5) is 20.4. The number of hydrogen-bond donors (Lipinski definition) is 1. The number of benzene rings is 2. The molecule has 0 saturated carbocycles. The first-order valence-electron chi connectivity index (χ1n) is 9.65. The molecule has 6 nitrogen and oxygen atoms in total. The van der Waals surface area contributed by atoms with Crippen LogP contribution in [0.4, 0.5) is 0 Å². The summed E-state index contributed by atoms with van der Waals surface area (Å²) >= 11 is 0. The van der Waals surface area contributed by atoms with Gasteiger partial charge in [0.1, 0.15) is 11.6 Å². The Balaban J connectivity index is 2.17. The van der Waals surface area contributed by atoms with Gasteiger partial charge in [0.25, 0.3) is 5.56 Å². The molecule has 148 valence electrons. The number of rotatable bonds is 8. The molecule has 0 unspecified atom stereocenters. The molecule has 1 aromatic heterocycles. The van der Waals surface area contributed by atoms with Crippen molar-refractivity contribution >= 4 is 10.9 Å². The summed E-state index contributed by atoms with van der Waals surface area (Å²) in [7, 11) is 4.07. The Labute approximate surface area is 165 Å². The van der Waals surface area contributed by atoms with Crippen LogP contribution in [0.3, 0.4) is 0 Å². The average Bonchev–Trinajstić information content (AvgIpc) is 2.68. The number of hydrogen-bond acceptors (Lipinski definition) is 5. The smallest absolute Gasteiger partial charge is 0.266 e. The van der Waals surface area contributed by atoms with E-state index in [1.54, 1.807) is 4.57 Å². The van der Waals surface area contributed by atoms with Gasteiger partial charge in [0.05, 0.1) is 29.2 Å². The number of nitrogens with zero attached hydrogens (tertiary/aromatic N) is 3. The molecule has 0 aliphatic carbocycles. The van der Waals surface area contributed by atoms with E-state index in [9.17, 15) is 4.79 Å². The van der Waals surface area contributed by atoms with E-state index in [2.05, 4.69) is 10.2 Å². The molecule has 1 heterocycles. The molecular weight excluding hydrogens is 352 g/mol. The van der Waals surface area contributed by atoms with Gasteiger partial charge in [-0.3, -0.25) is 9.36 Å². The number of aromatic nitrogens is 2. The monoisotopic (exact) mass is 380 g/mol. The van der Waals surface area contributed by atoms with E-state index in [0.717, 1.165) is 13.1 Å². The van der Waals surface area contributed by atoms with Crippen molar-refractivity contribution in [2.45, 2.75) is 19.9 Å². The van der Waals surface area contributed by atoms with Gasteiger partial charge in [-0.2, -0.15) is 0 Å². The van der Waals surface area contributed by atoms with Crippen molar-refractivity contribution in [3.63, 3.8) is 0 Å². The molecular formula is C22H28N4O2. The summed E-state index contributed by atoms with van der Waals surface area (Å²) in [5, 5.41) is 4.07. The van der Waals surface area contributed by atoms with Crippen LogP contribution in [0.5, 0.6) is 5.75 Å². The quantitative estimate of drug-likeness (QED) is 0.651. The van der Waals surface area contributed by atoms with Crippen molar-refractivity contribution in [1.29, 1.82) is 0 Å². The predicted octanol–water partition coefficient (Wildman–Crippen LogP) is 3.00. The largest absolute Gasteiger partial charge is 0.492 e. The molecule has 0 amide bonds. The van der Waals surface area contributed by atoms with E-state index >= 15 is 0 Å². The second-order valence-electron chi connectivity index (χ2n) is 7.01. The van der Waals surface area contributed by atoms with E-state index in [-0.39, 0.29) is 11.6 Å². The van der Waals surface area contributed by atoms with Crippen molar-refractivity contribution in [2.75, 3.05) is 33.8 Å². The molecule has 0 aliphatic heterocycles. The fraction of sp³-hybridized carbons (Fsp3) is 0.364. The number of para-hydroxylation sites is 3. The Kier molecular flexibility index (Phi) is 6.44. The molecule has 6 heteroatoms. The summed E-state index contributed by atoms with van der Waals surface area (Å²) in [6, 6.07) is 15.0. The zero-order valence-electron chi connectivity index (χ0n) is 17.0. The minimum Gasteiger partial charge on any atom is -0.492 e. The zero-order valence-corrected chi connectivity index (χ0v) is 17.0. The first-order chi connectivity index (χ1) is 13.5. The molecule has 0 aliphatic rings. The molecule has 1 atom stereocenters. The summed E-state index contributed by atoms with van der Waals surface area (Å²) in [6.45, 7) is 6.19. The molecule has 3 aromatic rings. The van der Waals surface area contributed by atoms with E-state index in [1.807, 2.05) is 76.5 Å². The van der Waals surface area contributed by atoms with Crippen LogP contribution in [0.25, 0.3) is 16.6 Å². The Morgan fingerprint density at radius 1 is 1.14 bits per heavy atom. The van der Waals surface area contributed by atoms with Crippen LogP contribution >= 0.6 is 0 Å². The highest BCUT2D eigenvalue weighted by Crippen LogP contribution is 2.25. The van der Waals surface area contributed by atoms with Crippen LogP contribution in [0.15, 0.2) is 53.3 Å². The topological polar surface area (TPSA) is 59.4 Å². The molecule has 0 bridgehead atoms. The van der Waals surface area contributed by atoms with E-state index in [1.165, 1.54) is 0 Å². The number of fused-ring (bicyclic) bond motifs is 1. The van der Waals surface area contributed by atoms with Crippen LogP contribution < -0.4 is 15.6 Å². The van der Waals surface area contributed by atoms with Crippen molar-refractivity contribution in [2.24, 2.45) is 0 Å². The number of nitrogens with one attached hydrogen (secondary N) is 1. The Bertz CT molecular complexity index is 997. The van der Waals surface area contributed by atoms with Gasteiger partial charge in [-0.1, -0.05) is 24.3 Å². The standard InChI is InChI=1S/C22H28N4O2/c1-5-28-20-13-9-8-12-19(20)26-21(16(2)23-14-15-25(3)4)24-18-11-7-6-10-17(18)22(26)27/h6-13,16,23H,5,14-15H2,1-4H3/t16-/m0/s1. The third-order valence-corrected chi connectivity index (χ3v) is 4.60. The fourth-order valence-corrected chi connectivity index (χ4v) is 3.19. The summed E-state index contributed by atoms with van der Waals surface area (Å²) in [6.07, 6.45) is 0. The highest BCUT2D eigenvalue weighted by molar-refractivity contribution is 5.78. The summed E-state index contributed by atoms with van der Waals surface area (Å²) in [5.74, 6) is 1.35. The van der Waals surface area contributed by atoms with Crippen LogP contribution in [0, 0.1) is 0 Å². The minimum absolute atomic E-state index is 0.0889.